The van der Waals surface area contributed by atoms with Crippen molar-refractivity contribution in [1.29, 1.82) is 0 Å². The van der Waals surface area contributed by atoms with Crippen LogP contribution in [0.1, 0.15) is 35.5 Å². The van der Waals surface area contributed by atoms with Gasteiger partial charge >= 0.3 is 0 Å². The van der Waals surface area contributed by atoms with E-state index in [4.69, 9.17) is 28.9 Å². The van der Waals surface area contributed by atoms with Gasteiger partial charge in [-0.05, 0) is 51.1 Å². The van der Waals surface area contributed by atoms with Crippen molar-refractivity contribution in [2.75, 3.05) is 13.2 Å². The average Bonchev–Trinajstić information content (AvgIpc) is 3.09. The number of nitrogens with one attached hydrogen (secondary N) is 1. The van der Waals surface area contributed by atoms with Crippen LogP contribution in [0.15, 0.2) is 42.5 Å². The fraction of sp³-hybridized carbons (Fsp3) is 0.250. The fourth-order valence-electron chi connectivity index (χ4n) is 3.15. The summed E-state index contributed by atoms with van der Waals surface area (Å²) in [6.45, 7) is 5.33. The zero-order valence-electron chi connectivity index (χ0n) is 18.4. The van der Waals surface area contributed by atoms with Crippen LogP contribution < -0.4 is 11.1 Å². The molecule has 0 unspecified atom stereocenters. The molecular weight excluding hydrogens is 483 g/mol. The molecule has 6 nitrogen and oxygen atoms in total. The first-order chi connectivity index (χ1) is 15.2. The number of hydrogen-bond donors (Lipinski definition) is 3. The molecule has 1 heterocycles. The summed E-state index contributed by atoms with van der Waals surface area (Å²) in [7, 11) is 0. The van der Waals surface area contributed by atoms with Crippen LogP contribution >= 0.6 is 35.6 Å². The summed E-state index contributed by atoms with van der Waals surface area (Å²) in [4.78, 5) is 13.0. The Morgan fingerprint density at radius 1 is 1.21 bits per heavy atom. The Labute approximate surface area is 209 Å². The molecule has 0 spiro atoms. The van der Waals surface area contributed by atoms with Gasteiger partial charge in [0.25, 0.3) is 5.91 Å². The Bertz CT molecular complexity index is 1210. The molecule has 2 aromatic carbocycles. The van der Waals surface area contributed by atoms with Gasteiger partial charge in [0.1, 0.15) is 0 Å². The van der Waals surface area contributed by atoms with Crippen LogP contribution in [-0.4, -0.2) is 39.5 Å². The molecule has 1 amide bonds. The highest BCUT2D eigenvalue weighted by atomic mass is 35.5. The smallest absolute Gasteiger partial charge is 0.272 e. The summed E-state index contributed by atoms with van der Waals surface area (Å²) >= 11 is 12.7. The van der Waals surface area contributed by atoms with E-state index in [1.807, 2.05) is 25.1 Å². The molecule has 174 valence electrons. The van der Waals surface area contributed by atoms with Crippen molar-refractivity contribution in [2.24, 2.45) is 5.73 Å². The van der Waals surface area contributed by atoms with Gasteiger partial charge in [-0.2, -0.15) is 5.10 Å². The number of hydrogen-bond acceptors (Lipinski definition) is 4. The Kier molecular flexibility index (Phi) is 8.96. The Hall–Kier alpha value is -2.53. The van der Waals surface area contributed by atoms with Crippen molar-refractivity contribution in [3.05, 3.63) is 69.3 Å². The zero-order valence-corrected chi connectivity index (χ0v) is 20.8. The van der Waals surface area contributed by atoms with Gasteiger partial charge in [-0.1, -0.05) is 47.2 Å². The van der Waals surface area contributed by atoms with Crippen molar-refractivity contribution in [3.8, 4) is 28.8 Å². The molecule has 0 fully saturated rings. The minimum Gasteiger partial charge on any atom is -0.394 e. The van der Waals surface area contributed by atoms with E-state index in [-0.39, 0.29) is 31.3 Å². The van der Waals surface area contributed by atoms with E-state index < -0.39 is 11.4 Å². The highest BCUT2D eigenvalue weighted by Gasteiger charge is 2.27. The summed E-state index contributed by atoms with van der Waals surface area (Å²) in [5, 5.41) is 18.0. The number of aliphatic hydroxyl groups is 1. The highest BCUT2D eigenvalue weighted by Crippen LogP contribution is 2.32. The van der Waals surface area contributed by atoms with E-state index in [9.17, 15) is 9.90 Å². The first-order valence-electron chi connectivity index (χ1n) is 9.94. The molecule has 3 aromatic rings. The van der Waals surface area contributed by atoms with Crippen molar-refractivity contribution in [2.45, 2.75) is 26.3 Å². The molecule has 0 aliphatic rings. The number of aromatic nitrogens is 2. The SMILES string of the molecule is Cc1c(C(=O)NC(C)(C)CO)nn(-c2ccc(C#CCN)cc2Cl)c1-c1ccc(Cl)cc1.Cl. The quantitative estimate of drug-likeness (QED) is 0.447. The van der Waals surface area contributed by atoms with E-state index in [0.29, 0.717) is 27.0 Å². The van der Waals surface area contributed by atoms with E-state index in [0.717, 1.165) is 11.1 Å². The molecule has 0 saturated carbocycles. The molecular formula is C24H25Cl3N4O2. The summed E-state index contributed by atoms with van der Waals surface area (Å²) in [6.07, 6.45) is 0. The number of nitrogens with zero attached hydrogens (tertiary/aromatic N) is 2. The van der Waals surface area contributed by atoms with E-state index in [2.05, 4.69) is 22.3 Å². The lowest BCUT2D eigenvalue weighted by atomic mass is 10.0. The first-order valence-corrected chi connectivity index (χ1v) is 10.7. The van der Waals surface area contributed by atoms with E-state index in [1.165, 1.54) is 0 Å². The number of amides is 1. The normalized spacial score (nSPS) is 10.8. The summed E-state index contributed by atoms with van der Waals surface area (Å²) < 4.78 is 1.64. The predicted molar refractivity (Wildman–Crippen MR) is 136 cm³/mol. The number of benzene rings is 2. The van der Waals surface area contributed by atoms with Crippen LogP contribution in [0.4, 0.5) is 0 Å². The second kappa shape index (κ2) is 11.1. The maximum Gasteiger partial charge on any atom is 0.272 e. The fourth-order valence-corrected chi connectivity index (χ4v) is 3.53. The third-order valence-corrected chi connectivity index (χ3v) is 5.37. The van der Waals surface area contributed by atoms with Gasteiger partial charge in [-0.3, -0.25) is 4.79 Å². The van der Waals surface area contributed by atoms with Crippen LogP contribution in [-0.2, 0) is 0 Å². The van der Waals surface area contributed by atoms with Crippen molar-refractivity contribution < 1.29 is 9.90 Å². The summed E-state index contributed by atoms with van der Waals surface area (Å²) in [5.41, 5.74) is 8.40. The molecule has 1 aromatic heterocycles. The monoisotopic (exact) mass is 506 g/mol. The van der Waals surface area contributed by atoms with Gasteiger partial charge in [0, 0.05) is 21.7 Å². The zero-order chi connectivity index (χ0) is 23.5. The number of aliphatic hydroxyl groups excluding tert-OH is 1. The Morgan fingerprint density at radius 2 is 1.88 bits per heavy atom. The number of halogens is 3. The van der Waals surface area contributed by atoms with Crippen molar-refractivity contribution in [3.63, 3.8) is 0 Å². The van der Waals surface area contributed by atoms with Crippen molar-refractivity contribution >= 4 is 41.5 Å². The molecule has 4 N–H and O–H groups in total. The van der Waals surface area contributed by atoms with Crippen LogP contribution in [0.25, 0.3) is 16.9 Å². The maximum atomic E-state index is 13.0. The number of carbonyl (C=O) groups is 1. The van der Waals surface area contributed by atoms with Gasteiger partial charge in [0.05, 0.1) is 35.1 Å². The Morgan fingerprint density at radius 3 is 2.45 bits per heavy atom. The number of nitrogens with two attached hydrogens (primary N) is 1. The summed E-state index contributed by atoms with van der Waals surface area (Å²) in [5.74, 6) is 5.36. The predicted octanol–water partition coefficient (Wildman–Crippen LogP) is 4.39. The maximum absolute atomic E-state index is 13.0. The molecule has 0 radical (unpaired) electrons. The molecule has 0 bridgehead atoms. The largest absolute Gasteiger partial charge is 0.394 e. The molecule has 9 heteroatoms. The topological polar surface area (TPSA) is 93.2 Å². The molecule has 0 atom stereocenters. The highest BCUT2D eigenvalue weighted by molar-refractivity contribution is 6.32. The molecule has 3 rings (SSSR count). The Balaban J connectivity index is 0.00000385. The molecule has 0 saturated heterocycles. The third kappa shape index (κ3) is 6.08. The second-order valence-electron chi connectivity index (χ2n) is 7.91. The molecule has 0 aliphatic carbocycles. The molecule has 33 heavy (non-hydrogen) atoms. The second-order valence-corrected chi connectivity index (χ2v) is 8.75. The van der Waals surface area contributed by atoms with Crippen molar-refractivity contribution in [1.82, 2.24) is 15.1 Å². The number of carbonyl (C=O) groups excluding carboxylic acids is 1. The van der Waals surface area contributed by atoms with Crippen LogP contribution in [0.2, 0.25) is 10.0 Å². The first kappa shape index (κ1) is 26.7. The van der Waals surface area contributed by atoms with E-state index >= 15 is 0 Å². The number of rotatable bonds is 5. The van der Waals surface area contributed by atoms with Crippen LogP contribution in [0.5, 0.6) is 0 Å². The minimum atomic E-state index is -0.797. The van der Waals surface area contributed by atoms with Crippen LogP contribution in [0, 0.1) is 18.8 Å². The summed E-state index contributed by atoms with van der Waals surface area (Å²) in [6, 6.07) is 12.6. The van der Waals surface area contributed by atoms with E-state index in [1.54, 1.807) is 42.8 Å². The minimum absolute atomic E-state index is 0. The lowest BCUT2D eigenvalue weighted by molar-refractivity contribution is 0.0863. The van der Waals surface area contributed by atoms with Gasteiger partial charge < -0.3 is 16.2 Å². The third-order valence-electron chi connectivity index (χ3n) is 4.81. The van der Waals surface area contributed by atoms with Gasteiger partial charge in [0.15, 0.2) is 5.69 Å². The lowest BCUT2D eigenvalue weighted by Gasteiger charge is -2.22. The van der Waals surface area contributed by atoms with Crippen LogP contribution in [0.3, 0.4) is 0 Å². The van der Waals surface area contributed by atoms with Gasteiger partial charge in [-0.15, -0.1) is 12.4 Å². The van der Waals surface area contributed by atoms with Gasteiger partial charge in [0.2, 0.25) is 0 Å². The van der Waals surface area contributed by atoms with Gasteiger partial charge in [-0.25, -0.2) is 4.68 Å². The standard InChI is InChI=1S/C24H24Cl2N4O2.ClH/c1-15-21(23(32)28-24(2,3)14-31)29-30(22(15)17-7-9-18(25)10-8-17)20-11-6-16(5-4-12-27)13-19(20)26;/h6-11,13,31H,12,14,27H2,1-3H3,(H,28,32);1H. The molecule has 0 aliphatic heterocycles. The average molecular weight is 508 g/mol. The lowest BCUT2D eigenvalue weighted by Crippen LogP contribution is -2.46.